The molecule has 1 aromatic rings. The van der Waals surface area contributed by atoms with Crippen molar-refractivity contribution in [2.75, 3.05) is 0 Å². The van der Waals surface area contributed by atoms with Gasteiger partial charge in [0.25, 0.3) is 0 Å². The Hall–Kier alpha value is -0.900. The van der Waals surface area contributed by atoms with Crippen molar-refractivity contribution in [3.05, 3.63) is 11.9 Å². The first-order valence-corrected chi connectivity index (χ1v) is 8.65. The summed E-state index contributed by atoms with van der Waals surface area (Å²) in [5, 5.41) is 11.9. The van der Waals surface area contributed by atoms with Crippen LogP contribution in [0.4, 0.5) is 0 Å². The summed E-state index contributed by atoms with van der Waals surface area (Å²) < 4.78 is 1.98. The summed E-state index contributed by atoms with van der Waals surface area (Å²) in [7, 11) is 0. The molecular weight excluding hydrogens is 260 g/mol. The molecule has 4 nitrogen and oxygen atoms in total. The van der Waals surface area contributed by atoms with Gasteiger partial charge in [-0.1, -0.05) is 57.1 Å². The van der Waals surface area contributed by atoms with Gasteiger partial charge >= 0.3 is 0 Å². The second-order valence-corrected chi connectivity index (χ2v) is 7.05. The van der Waals surface area contributed by atoms with Gasteiger partial charge in [-0.2, -0.15) is 0 Å². The quantitative estimate of drug-likeness (QED) is 0.618. The van der Waals surface area contributed by atoms with E-state index >= 15 is 0 Å². The van der Waals surface area contributed by atoms with E-state index in [1.54, 1.807) is 0 Å². The zero-order chi connectivity index (χ0) is 15.6. The summed E-state index contributed by atoms with van der Waals surface area (Å²) in [6.07, 6.45) is 12.9. The van der Waals surface area contributed by atoms with Gasteiger partial charge in [-0.05, 0) is 27.2 Å². The zero-order valence-electron chi connectivity index (χ0n) is 14.5. The molecule has 0 aliphatic heterocycles. The van der Waals surface area contributed by atoms with Crippen molar-refractivity contribution in [3.8, 4) is 0 Å². The summed E-state index contributed by atoms with van der Waals surface area (Å²) >= 11 is 0. The van der Waals surface area contributed by atoms with Gasteiger partial charge in [0.15, 0.2) is 0 Å². The van der Waals surface area contributed by atoms with Crippen LogP contribution >= 0.6 is 0 Å². The van der Waals surface area contributed by atoms with Crippen LogP contribution in [0.15, 0.2) is 6.20 Å². The van der Waals surface area contributed by atoms with Crippen LogP contribution < -0.4 is 5.32 Å². The molecule has 0 unspecified atom stereocenters. The van der Waals surface area contributed by atoms with Crippen molar-refractivity contribution in [1.82, 2.24) is 20.3 Å². The summed E-state index contributed by atoms with van der Waals surface area (Å²) in [4.78, 5) is 0. The topological polar surface area (TPSA) is 42.7 Å². The summed E-state index contributed by atoms with van der Waals surface area (Å²) in [5.74, 6) is 0. The normalized spacial score (nSPS) is 12.0. The van der Waals surface area contributed by atoms with Crippen LogP contribution in [-0.2, 0) is 13.1 Å². The average Bonchev–Trinajstić information content (AvgIpc) is 2.87. The van der Waals surface area contributed by atoms with Gasteiger partial charge < -0.3 is 5.32 Å². The van der Waals surface area contributed by atoms with Crippen molar-refractivity contribution in [3.63, 3.8) is 0 Å². The van der Waals surface area contributed by atoms with E-state index in [9.17, 15) is 0 Å². The van der Waals surface area contributed by atoms with Gasteiger partial charge in [-0.25, -0.2) is 0 Å². The maximum atomic E-state index is 4.22. The Bertz CT molecular complexity index is 365. The summed E-state index contributed by atoms with van der Waals surface area (Å²) in [6.45, 7) is 10.6. The van der Waals surface area contributed by atoms with Crippen LogP contribution in [0.25, 0.3) is 0 Å². The fourth-order valence-corrected chi connectivity index (χ4v) is 2.29. The Labute approximate surface area is 130 Å². The highest BCUT2D eigenvalue weighted by Crippen LogP contribution is 2.09. The van der Waals surface area contributed by atoms with Crippen molar-refractivity contribution in [2.45, 2.75) is 97.7 Å². The molecule has 1 rings (SSSR count). The molecule has 0 fully saturated rings. The lowest BCUT2D eigenvalue weighted by molar-refractivity contribution is 0.421. The molecule has 0 aliphatic rings. The minimum Gasteiger partial charge on any atom is -0.306 e. The largest absolute Gasteiger partial charge is 0.306 e. The van der Waals surface area contributed by atoms with Gasteiger partial charge in [0.1, 0.15) is 0 Å². The van der Waals surface area contributed by atoms with Gasteiger partial charge in [0.05, 0.1) is 5.69 Å². The number of aromatic nitrogens is 3. The molecule has 0 saturated heterocycles. The Morgan fingerprint density at radius 1 is 1.00 bits per heavy atom. The first kappa shape index (κ1) is 18.1. The molecule has 0 saturated carbocycles. The average molecular weight is 294 g/mol. The van der Waals surface area contributed by atoms with E-state index in [2.05, 4.69) is 49.5 Å². The number of nitrogens with zero attached hydrogens (tertiary/aromatic N) is 3. The fraction of sp³-hybridized carbons (Fsp3) is 0.882. The van der Waals surface area contributed by atoms with Crippen LogP contribution in [0.3, 0.4) is 0 Å². The van der Waals surface area contributed by atoms with E-state index in [1.807, 2.05) is 4.68 Å². The summed E-state index contributed by atoms with van der Waals surface area (Å²) in [6, 6.07) is 0. The second kappa shape index (κ2) is 9.93. The molecule has 21 heavy (non-hydrogen) atoms. The molecule has 1 heterocycles. The number of unbranched alkanes of at least 4 members (excludes halogenated alkanes) is 7. The van der Waals surface area contributed by atoms with Gasteiger partial charge in [-0.15, -0.1) is 5.10 Å². The number of rotatable bonds is 11. The van der Waals surface area contributed by atoms with E-state index in [4.69, 9.17) is 0 Å². The van der Waals surface area contributed by atoms with Crippen LogP contribution in [0, 0.1) is 0 Å². The Kier molecular flexibility index (Phi) is 8.58. The Morgan fingerprint density at radius 2 is 1.62 bits per heavy atom. The molecule has 0 aliphatic carbocycles. The predicted octanol–water partition coefficient (Wildman–Crippen LogP) is 4.31. The number of hydrogen-bond donors (Lipinski definition) is 1. The number of aryl methyl sites for hydroxylation is 1. The smallest absolute Gasteiger partial charge is 0.0965 e. The van der Waals surface area contributed by atoms with E-state index in [0.717, 1.165) is 18.8 Å². The summed E-state index contributed by atoms with van der Waals surface area (Å²) in [5.41, 5.74) is 1.16. The standard InChI is InChI=1S/C17H34N4/c1-5-6-7-8-9-10-11-12-13-21-15-16(19-20-21)14-18-17(2,3)4/h15,18H,5-14H2,1-4H3. The molecule has 0 radical (unpaired) electrons. The van der Waals surface area contributed by atoms with Crippen molar-refractivity contribution in [1.29, 1.82) is 0 Å². The third-order valence-corrected chi connectivity index (χ3v) is 3.63. The highest BCUT2D eigenvalue weighted by atomic mass is 15.4. The maximum Gasteiger partial charge on any atom is 0.0965 e. The predicted molar refractivity (Wildman–Crippen MR) is 89.2 cm³/mol. The molecule has 0 bridgehead atoms. The lowest BCUT2D eigenvalue weighted by atomic mass is 10.1. The van der Waals surface area contributed by atoms with Crippen LogP contribution in [0.1, 0.15) is 84.8 Å². The third kappa shape index (κ3) is 9.62. The van der Waals surface area contributed by atoms with Crippen molar-refractivity contribution < 1.29 is 0 Å². The molecule has 4 heteroatoms. The van der Waals surface area contributed by atoms with Crippen molar-refractivity contribution >= 4 is 0 Å². The lowest BCUT2D eigenvalue weighted by Gasteiger charge is -2.19. The molecular formula is C17H34N4. The van der Waals surface area contributed by atoms with E-state index in [0.29, 0.717) is 0 Å². The second-order valence-electron chi connectivity index (χ2n) is 7.05. The molecule has 1 aromatic heterocycles. The first-order valence-electron chi connectivity index (χ1n) is 8.65. The van der Waals surface area contributed by atoms with E-state index in [-0.39, 0.29) is 5.54 Å². The third-order valence-electron chi connectivity index (χ3n) is 3.63. The Morgan fingerprint density at radius 3 is 2.24 bits per heavy atom. The SMILES string of the molecule is CCCCCCCCCCn1cc(CNC(C)(C)C)nn1. The fourth-order valence-electron chi connectivity index (χ4n) is 2.29. The minimum atomic E-state index is 0.127. The van der Waals surface area contributed by atoms with E-state index < -0.39 is 0 Å². The monoisotopic (exact) mass is 294 g/mol. The van der Waals surface area contributed by atoms with Crippen LogP contribution in [-0.4, -0.2) is 20.5 Å². The Balaban J connectivity index is 2.06. The van der Waals surface area contributed by atoms with Crippen LogP contribution in [0.5, 0.6) is 0 Å². The van der Waals surface area contributed by atoms with Crippen molar-refractivity contribution in [2.24, 2.45) is 0 Å². The number of hydrogen-bond acceptors (Lipinski definition) is 3. The lowest BCUT2D eigenvalue weighted by Crippen LogP contribution is -2.35. The molecule has 0 atom stereocenters. The van der Waals surface area contributed by atoms with Gasteiger partial charge in [0, 0.05) is 24.8 Å². The van der Waals surface area contributed by atoms with E-state index in [1.165, 1.54) is 51.4 Å². The van der Waals surface area contributed by atoms with Crippen LogP contribution in [0.2, 0.25) is 0 Å². The molecule has 0 aromatic carbocycles. The first-order chi connectivity index (χ1) is 10.0. The highest BCUT2D eigenvalue weighted by molar-refractivity contribution is 4.92. The molecule has 0 spiro atoms. The highest BCUT2D eigenvalue weighted by Gasteiger charge is 2.09. The number of nitrogens with one attached hydrogen (secondary N) is 1. The molecule has 122 valence electrons. The maximum absolute atomic E-state index is 4.22. The zero-order valence-corrected chi connectivity index (χ0v) is 14.5. The van der Waals surface area contributed by atoms with Gasteiger partial charge in [0.2, 0.25) is 0 Å². The molecule has 1 N–H and O–H groups in total. The molecule has 0 amide bonds. The minimum absolute atomic E-state index is 0.127. The van der Waals surface area contributed by atoms with Gasteiger partial charge in [-0.3, -0.25) is 4.68 Å².